The predicted octanol–water partition coefficient (Wildman–Crippen LogP) is 4.59. The summed E-state index contributed by atoms with van der Waals surface area (Å²) in [6, 6.07) is 18.8. The summed E-state index contributed by atoms with van der Waals surface area (Å²) in [5, 5.41) is 14.1. The monoisotopic (exact) mass is 545 g/mol. The number of halogens is 2. The van der Waals surface area contributed by atoms with Crippen molar-refractivity contribution in [1.82, 2.24) is 10.4 Å². The molecule has 3 aromatic carbocycles. The molecule has 0 spiro atoms. The highest BCUT2D eigenvalue weighted by atomic mass is 79.9. The van der Waals surface area contributed by atoms with Gasteiger partial charge in [-0.1, -0.05) is 44.0 Å². The Hall–Kier alpha value is -3.04. The number of hydrogen-bond acceptors (Lipinski definition) is 5. The molecular formula is C22H17Br2N3O4. The fourth-order valence-corrected chi connectivity index (χ4v) is 3.75. The van der Waals surface area contributed by atoms with E-state index in [0.717, 1.165) is 8.95 Å². The molecule has 158 valence electrons. The van der Waals surface area contributed by atoms with Crippen molar-refractivity contribution in [3.8, 4) is 11.5 Å². The molecule has 2 amide bonds. The van der Waals surface area contributed by atoms with Crippen molar-refractivity contribution in [1.29, 1.82) is 0 Å². The first kappa shape index (κ1) is 21.2. The molecule has 0 fully saturated rings. The maximum absolute atomic E-state index is 13.2. The van der Waals surface area contributed by atoms with E-state index in [-0.39, 0.29) is 18.3 Å². The number of rotatable bonds is 5. The van der Waals surface area contributed by atoms with Crippen molar-refractivity contribution >= 4 is 49.4 Å². The van der Waals surface area contributed by atoms with Crippen molar-refractivity contribution in [3.05, 3.63) is 86.8 Å². The van der Waals surface area contributed by atoms with E-state index in [1.807, 2.05) is 6.07 Å². The summed E-state index contributed by atoms with van der Waals surface area (Å²) in [7, 11) is 0. The second-order valence-electron chi connectivity index (χ2n) is 6.78. The van der Waals surface area contributed by atoms with Gasteiger partial charge >= 0.3 is 0 Å². The van der Waals surface area contributed by atoms with Gasteiger partial charge in [-0.3, -0.25) is 15.0 Å². The SMILES string of the molecule is O=C(COc1ccc(Br)cc1)NN1C(=O)c2cc(Br)ccc2NC1c1ccc(O)cc1. The number of ether oxygens (including phenoxy) is 1. The van der Waals surface area contributed by atoms with Crippen LogP contribution >= 0.6 is 31.9 Å². The van der Waals surface area contributed by atoms with Crippen LogP contribution in [-0.2, 0) is 4.79 Å². The number of carbonyl (C=O) groups excluding carboxylic acids is 2. The number of carbonyl (C=O) groups is 2. The van der Waals surface area contributed by atoms with Gasteiger partial charge in [-0.2, -0.15) is 0 Å². The van der Waals surface area contributed by atoms with Crippen molar-refractivity contribution in [2.75, 3.05) is 11.9 Å². The molecule has 1 aliphatic rings. The van der Waals surface area contributed by atoms with E-state index >= 15 is 0 Å². The minimum Gasteiger partial charge on any atom is -0.508 e. The molecule has 1 unspecified atom stereocenters. The topological polar surface area (TPSA) is 90.9 Å². The summed E-state index contributed by atoms with van der Waals surface area (Å²) < 4.78 is 7.16. The van der Waals surface area contributed by atoms with Crippen molar-refractivity contribution in [3.63, 3.8) is 0 Å². The smallest absolute Gasteiger partial charge is 0.276 e. The highest BCUT2D eigenvalue weighted by Gasteiger charge is 2.34. The van der Waals surface area contributed by atoms with Crippen LogP contribution < -0.4 is 15.5 Å². The lowest BCUT2D eigenvalue weighted by Gasteiger charge is -2.37. The number of amides is 2. The first-order chi connectivity index (χ1) is 14.9. The second-order valence-corrected chi connectivity index (χ2v) is 8.61. The minimum absolute atomic E-state index is 0.105. The van der Waals surface area contributed by atoms with Gasteiger partial charge in [0.05, 0.1) is 5.56 Å². The van der Waals surface area contributed by atoms with Crippen molar-refractivity contribution < 1.29 is 19.4 Å². The summed E-state index contributed by atoms with van der Waals surface area (Å²) in [5.74, 6) is -0.218. The van der Waals surface area contributed by atoms with E-state index in [1.54, 1.807) is 48.5 Å². The van der Waals surface area contributed by atoms with Gasteiger partial charge in [0.15, 0.2) is 6.61 Å². The number of fused-ring (bicyclic) bond motifs is 1. The van der Waals surface area contributed by atoms with E-state index in [4.69, 9.17) is 4.74 Å². The molecular weight excluding hydrogens is 530 g/mol. The quantitative estimate of drug-likeness (QED) is 0.435. The number of anilines is 1. The van der Waals surface area contributed by atoms with Crippen LogP contribution in [0.3, 0.4) is 0 Å². The lowest BCUT2D eigenvalue weighted by atomic mass is 10.0. The first-order valence-corrected chi connectivity index (χ1v) is 10.9. The molecule has 4 rings (SSSR count). The van der Waals surface area contributed by atoms with Gasteiger partial charge in [0.1, 0.15) is 17.7 Å². The number of nitrogens with one attached hydrogen (secondary N) is 2. The molecule has 0 bridgehead atoms. The Kier molecular flexibility index (Phi) is 6.15. The Labute approximate surface area is 195 Å². The largest absolute Gasteiger partial charge is 0.508 e. The lowest BCUT2D eigenvalue weighted by Crippen LogP contribution is -2.53. The van der Waals surface area contributed by atoms with Crippen LogP contribution in [0.25, 0.3) is 0 Å². The Morgan fingerprint density at radius 3 is 2.42 bits per heavy atom. The molecule has 9 heteroatoms. The fraction of sp³-hybridized carbons (Fsp3) is 0.0909. The number of aromatic hydroxyl groups is 1. The summed E-state index contributed by atoms with van der Waals surface area (Å²) in [6.07, 6.45) is -0.668. The van der Waals surface area contributed by atoms with Crippen LogP contribution in [-0.4, -0.2) is 28.5 Å². The van der Waals surface area contributed by atoms with Crippen molar-refractivity contribution in [2.24, 2.45) is 0 Å². The summed E-state index contributed by atoms with van der Waals surface area (Å²) in [4.78, 5) is 25.8. The Morgan fingerprint density at radius 2 is 1.71 bits per heavy atom. The molecule has 3 N–H and O–H groups in total. The highest BCUT2D eigenvalue weighted by molar-refractivity contribution is 9.10. The summed E-state index contributed by atoms with van der Waals surface area (Å²) in [5.41, 5.74) is 4.39. The molecule has 0 aromatic heterocycles. The van der Waals surface area contributed by atoms with Gasteiger partial charge in [-0.25, -0.2) is 5.01 Å². The zero-order valence-electron chi connectivity index (χ0n) is 16.0. The van der Waals surface area contributed by atoms with E-state index < -0.39 is 12.1 Å². The molecule has 0 saturated heterocycles. The van der Waals surface area contributed by atoms with Crippen LogP contribution in [0.5, 0.6) is 11.5 Å². The van der Waals surface area contributed by atoms with Gasteiger partial charge in [-0.15, -0.1) is 0 Å². The number of hydrazine groups is 1. The predicted molar refractivity (Wildman–Crippen MR) is 123 cm³/mol. The maximum Gasteiger partial charge on any atom is 0.276 e. The van der Waals surface area contributed by atoms with Crippen LogP contribution in [0, 0.1) is 0 Å². The van der Waals surface area contributed by atoms with Crippen molar-refractivity contribution in [2.45, 2.75) is 6.17 Å². The first-order valence-electron chi connectivity index (χ1n) is 9.27. The van der Waals surface area contributed by atoms with Gasteiger partial charge in [0.2, 0.25) is 0 Å². The van der Waals surface area contributed by atoms with E-state index in [2.05, 4.69) is 42.6 Å². The van der Waals surface area contributed by atoms with Crippen LogP contribution in [0.4, 0.5) is 5.69 Å². The normalized spacial score (nSPS) is 15.1. The maximum atomic E-state index is 13.2. The minimum atomic E-state index is -0.668. The highest BCUT2D eigenvalue weighted by Crippen LogP contribution is 2.34. The number of phenolic OH excluding ortho intramolecular Hbond substituents is 1. The van der Waals surface area contributed by atoms with Gasteiger partial charge in [0.25, 0.3) is 11.8 Å². The van der Waals surface area contributed by atoms with Crippen LogP contribution in [0.1, 0.15) is 22.1 Å². The number of phenols is 1. The summed E-state index contributed by atoms with van der Waals surface area (Å²) in [6.45, 7) is -0.265. The third-order valence-corrected chi connectivity index (χ3v) is 5.64. The molecule has 0 aliphatic carbocycles. The van der Waals surface area contributed by atoms with Gasteiger partial charge < -0.3 is 15.2 Å². The lowest BCUT2D eigenvalue weighted by molar-refractivity contribution is -0.127. The zero-order chi connectivity index (χ0) is 22.0. The number of nitrogens with zero attached hydrogens (tertiary/aromatic N) is 1. The number of hydrogen-bond donors (Lipinski definition) is 3. The number of benzene rings is 3. The molecule has 1 heterocycles. The fourth-order valence-electron chi connectivity index (χ4n) is 3.13. The molecule has 3 aromatic rings. The van der Waals surface area contributed by atoms with Crippen LogP contribution in [0.2, 0.25) is 0 Å². The zero-order valence-corrected chi connectivity index (χ0v) is 19.2. The molecule has 1 atom stereocenters. The Bertz CT molecular complexity index is 1120. The van der Waals surface area contributed by atoms with E-state index in [1.165, 1.54) is 17.1 Å². The Balaban J connectivity index is 1.56. The van der Waals surface area contributed by atoms with Crippen LogP contribution in [0.15, 0.2) is 75.7 Å². The average Bonchev–Trinajstić information content (AvgIpc) is 2.76. The molecule has 7 nitrogen and oxygen atoms in total. The molecule has 1 aliphatic heterocycles. The third kappa shape index (κ3) is 4.83. The van der Waals surface area contributed by atoms with Gasteiger partial charge in [-0.05, 0) is 60.2 Å². The van der Waals surface area contributed by atoms with E-state index in [0.29, 0.717) is 22.6 Å². The molecule has 0 saturated carbocycles. The Morgan fingerprint density at radius 1 is 1.03 bits per heavy atom. The average molecular weight is 547 g/mol. The molecule has 31 heavy (non-hydrogen) atoms. The summed E-state index contributed by atoms with van der Waals surface area (Å²) >= 11 is 6.72. The standard InChI is InChI=1S/C22H17Br2N3O4/c23-14-3-8-17(9-4-14)31-12-20(29)26-27-21(13-1-6-16(28)7-2-13)25-19-10-5-15(24)11-18(19)22(27)30/h1-11,21,25,28H,12H2,(H,26,29). The van der Waals surface area contributed by atoms with Gasteiger partial charge in [0, 0.05) is 14.6 Å². The van der Waals surface area contributed by atoms with E-state index in [9.17, 15) is 14.7 Å². The third-order valence-electron chi connectivity index (χ3n) is 4.62. The molecule has 0 radical (unpaired) electrons. The second kappa shape index (κ2) is 8.99.